The third kappa shape index (κ3) is 3.28. The molecule has 0 radical (unpaired) electrons. The summed E-state index contributed by atoms with van der Waals surface area (Å²) in [4.78, 5) is 4.82. The minimum atomic E-state index is -2.94. The van der Waals surface area contributed by atoms with Crippen LogP contribution in [0.1, 0.15) is 24.5 Å². The van der Waals surface area contributed by atoms with Crippen LogP contribution in [0.15, 0.2) is 36.4 Å². The summed E-state index contributed by atoms with van der Waals surface area (Å²) in [5.74, 6) is 0.629. The molecule has 2 aromatic rings. The van der Waals surface area contributed by atoms with E-state index in [2.05, 4.69) is 60.0 Å². The lowest BCUT2D eigenvalue weighted by atomic mass is 9.98. The molecule has 2 aromatic carbocycles. The van der Waals surface area contributed by atoms with Crippen molar-refractivity contribution in [2.24, 2.45) is 0 Å². The second-order valence-corrected chi connectivity index (χ2v) is 9.96. The zero-order valence-corrected chi connectivity index (χ0v) is 16.5. The number of hydrogen-bond donors (Lipinski definition) is 0. The smallest absolute Gasteiger partial charge is 0.153 e. The van der Waals surface area contributed by atoms with Crippen molar-refractivity contribution in [3.8, 4) is 0 Å². The molecule has 4 rings (SSSR count). The fourth-order valence-corrected chi connectivity index (χ4v) is 6.79. The maximum absolute atomic E-state index is 12.3. The predicted octanol–water partition coefficient (Wildman–Crippen LogP) is 2.84. The first-order valence-corrected chi connectivity index (χ1v) is 11.5. The second-order valence-electron chi connectivity index (χ2n) is 7.81. The monoisotopic (exact) mass is 372 g/mol. The van der Waals surface area contributed by atoms with E-state index < -0.39 is 9.84 Å². The molecule has 2 saturated heterocycles. The standard InChI is InChI=1S/C21H28N2O2S/c1-3-10-22-11-12-23(21-15-26(24,25)14-20(21)22)13-17-7-5-8-18-16(2)6-4-9-19(17)18/h4-9,20-21H,3,10-15H2,1-2H3/t20-,21+/m1/s1. The maximum atomic E-state index is 12.3. The SMILES string of the molecule is CCCN1CCN(Cc2cccc3c(C)cccc23)[C@H]2CS(=O)(=O)C[C@H]21. The van der Waals surface area contributed by atoms with Crippen molar-refractivity contribution < 1.29 is 8.42 Å². The molecule has 0 unspecified atom stereocenters. The highest BCUT2D eigenvalue weighted by atomic mass is 32.2. The number of benzene rings is 2. The molecule has 0 bridgehead atoms. The summed E-state index contributed by atoms with van der Waals surface area (Å²) in [6.45, 7) is 8.06. The van der Waals surface area contributed by atoms with Crippen LogP contribution in [0.2, 0.25) is 0 Å². The molecule has 4 nitrogen and oxygen atoms in total. The van der Waals surface area contributed by atoms with E-state index in [-0.39, 0.29) is 12.1 Å². The average molecular weight is 373 g/mol. The number of sulfone groups is 1. The quantitative estimate of drug-likeness (QED) is 0.828. The van der Waals surface area contributed by atoms with Gasteiger partial charge in [0.25, 0.3) is 0 Å². The van der Waals surface area contributed by atoms with Gasteiger partial charge in [0.05, 0.1) is 11.5 Å². The summed E-state index contributed by atoms with van der Waals surface area (Å²) in [6.07, 6.45) is 1.08. The first kappa shape index (κ1) is 18.0. The van der Waals surface area contributed by atoms with E-state index in [1.54, 1.807) is 0 Å². The highest BCUT2D eigenvalue weighted by molar-refractivity contribution is 7.91. The van der Waals surface area contributed by atoms with Crippen LogP contribution in [0.4, 0.5) is 0 Å². The Morgan fingerprint density at radius 3 is 2.38 bits per heavy atom. The molecule has 0 N–H and O–H groups in total. The Hall–Kier alpha value is -1.43. The predicted molar refractivity (Wildman–Crippen MR) is 107 cm³/mol. The van der Waals surface area contributed by atoms with Gasteiger partial charge in [-0.25, -0.2) is 8.42 Å². The van der Waals surface area contributed by atoms with Gasteiger partial charge in [-0.15, -0.1) is 0 Å². The molecule has 0 aromatic heterocycles. The summed E-state index contributed by atoms with van der Waals surface area (Å²) in [5, 5.41) is 2.59. The van der Waals surface area contributed by atoms with Crippen LogP contribution in [-0.4, -0.2) is 61.4 Å². The molecular formula is C21H28N2O2S. The molecule has 2 aliphatic rings. The van der Waals surface area contributed by atoms with Gasteiger partial charge in [-0.3, -0.25) is 9.80 Å². The van der Waals surface area contributed by atoms with E-state index in [4.69, 9.17) is 0 Å². The van der Waals surface area contributed by atoms with E-state index >= 15 is 0 Å². The molecule has 0 amide bonds. The van der Waals surface area contributed by atoms with Gasteiger partial charge < -0.3 is 0 Å². The zero-order chi connectivity index (χ0) is 18.3. The lowest BCUT2D eigenvalue weighted by Gasteiger charge is -2.44. The lowest BCUT2D eigenvalue weighted by molar-refractivity contribution is 0.0408. The summed E-state index contributed by atoms with van der Waals surface area (Å²) in [6, 6.07) is 13.2. The van der Waals surface area contributed by atoms with Crippen LogP contribution >= 0.6 is 0 Å². The molecule has 0 saturated carbocycles. The van der Waals surface area contributed by atoms with Gasteiger partial charge >= 0.3 is 0 Å². The maximum Gasteiger partial charge on any atom is 0.153 e. The minimum Gasteiger partial charge on any atom is -0.297 e. The highest BCUT2D eigenvalue weighted by Crippen LogP contribution is 2.30. The largest absolute Gasteiger partial charge is 0.297 e. The molecule has 26 heavy (non-hydrogen) atoms. The highest BCUT2D eigenvalue weighted by Gasteiger charge is 2.46. The summed E-state index contributed by atoms with van der Waals surface area (Å²) in [5.41, 5.74) is 2.59. The van der Waals surface area contributed by atoms with Crippen molar-refractivity contribution in [3.05, 3.63) is 47.5 Å². The molecule has 0 aliphatic carbocycles. The Bertz CT molecular complexity index is 909. The fourth-order valence-electron chi connectivity index (χ4n) is 4.75. The summed E-state index contributed by atoms with van der Waals surface area (Å²) < 4.78 is 24.7. The van der Waals surface area contributed by atoms with Gasteiger partial charge in [0.15, 0.2) is 9.84 Å². The van der Waals surface area contributed by atoms with Gasteiger partial charge in [0.1, 0.15) is 0 Å². The summed E-state index contributed by atoms with van der Waals surface area (Å²) in [7, 11) is -2.94. The van der Waals surface area contributed by atoms with E-state index in [9.17, 15) is 8.42 Å². The van der Waals surface area contributed by atoms with Crippen LogP contribution in [0.3, 0.4) is 0 Å². The number of aryl methyl sites for hydroxylation is 1. The molecule has 5 heteroatoms. The Morgan fingerprint density at radius 1 is 0.962 bits per heavy atom. The van der Waals surface area contributed by atoms with E-state index in [0.717, 1.165) is 32.6 Å². The van der Waals surface area contributed by atoms with Crippen LogP contribution in [0.5, 0.6) is 0 Å². The molecule has 0 spiro atoms. The van der Waals surface area contributed by atoms with Crippen molar-refractivity contribution in [1.29, 1.82) is 0 Å². The normalized spacial score (nSPS) is 26.2. The van der Waals surface area contributed by atoms with Crippen molar-refractivity contribution in [3.63, 3.8) is 0 Å². The Morgan fingerprint density at radius 2 is 1.62 bits per heavy atom. The number of rotatable bonds is 4. The van der Waals surface area contributed by atoms with Gasteiger partial charge in [-0.05, 0) is 41.8 Å². The molecule has 2 aliphatic heterocycles. The number of hydrogen-bond acceptors (Lipinski definition) is 4. The van der Waals surface area contributed by atoms with Gasteiger partial charge in [0.2, 0.25) is 0 Å². The first-order chi connectivity index (χ1) is 12.5. The minimum absolute atomic E-state index is 0.125. The molecular weight excluding hydrogens is 344 g/mol. The molecule has 140 valence electrons. The van der Waals surface area contributed by atoms with E-state index in [0.29, 0.717) is 11.5 Å². The molecule has 2 fully saturated rings. The van der Waals surface area contributed by atoms with Crippen LogP contribution in [0.25, 0.3) is 10.8 Å². The van der Waals surface area contributed by atoms with E-state index in [1.807, 2.05) is 0 Å². The van der Waals surface area contributed by atoms with Crippen LogP contribution < -0.4 is 0 Å². The average Bonchev–Trinajstić information content (AvgIpc) is 2.94. The van der Waals surface area contributed by atoms with Crippen molar-refractivity contribution in [2.75, 3.05) is 31.1 Å². The number of fused-ring (bicyclic) bond motifs is 2. The molecule has 2 atom stereocenters. The molecule has 2 heterocycles. The topological polar surface area (TPSA) is 40.6 Å². The van der Waals surface area contributed by atoms with Gasteiger partial charge in [0, 0.05) is 31.7 Å². The second kappa shape index (κ2) is 6.95. The van der Waals surface area contributed by atoms with Crippen LogP contribution in [0, 0.1) is 6.92 Å². The number of nitrogens with zero attached hydrogens (tertiary/aromatic N) is 2. The Balaban J connectivity index is 1.64. The zero-order valence-electron chi connectivity index (χ0n) is 15.7. The van der Waals surface area contributed by atoms with Gasteiger partial charge in [-0.1, -0.05) is 43.3 Å². The number of piperazine rings is 1. The van der Waals surface area contributed by atoms with Crippen molar-refractivity contribution in [1.82, 2.24) is 9.80 Å². The first-order valence-electron chi connectivity index (χ1n) is 9.64. The van der Waals surface area contributed by atoms with E-state index in [1.165, 1.54) is 21.9 Å². The van der Waals surface area contributed by atoms with Crippen molar-refractivity contribution >= 4 is 20.6 Å². The Kier molecular flexibility index (Phi) is 4.80. The third-order valence-corrected chi connectivity index (χ3v) is 7.72. The fraction of sp³-hybridized carbons (Fsp3) is 0.524. The lowest BCUT2D eigenvalue weighted by Crippen LogP contribution is -2.58. The van der Waals surface area contributed by atoms with Crippen molar-refractivity contribution in [2.45, 2.75) is 38.9 Å². The Labute approximate surface area is 156 Å². The van der Waals surface area contributed by atoms with Crippen LogP contribution in [-0.2, 0) is 16.4 Å². The third-order valence-electron chi connectivity index (χ3n) is 6.02. The summed E-state index contributed by atoms with van der Waals surface area (Å²) >= 11 is 0. The van der Waals surface area contributed by atoms with Gasteiger partial charge in [-0.2, -0.15) is 0 Å².